The molecule has 0 saturated carbocycles. The van der Waals surface area contributed by atoms with E-state index in [2.05, 4.69) is 48.2 Å². The molecule has 0 spiro atoms. The summed E-state index contributed by atoms with van der Waals surface area (Å²) >= 11 is 0. The Balaban J connectivity index is 1.90. The molecule has 1 N–H and O–H groups in total. The van der Waals surface area contributed by atoms with E-state index in [0.717, 1.165) is 26.1 Å². The lowest BCUT2D eigenvalue weighted by Crippen LogP contribution is -2.23. The molecule has 100 valence electrons. The molecule has 0 aromatic heterocycles. The maximum Gasteiger partial charge on any atom is 0.0552 e. The number of aliphatic hydroxyl groups is 1. The van der Waals surface area contributed by atoms with Crippen LogP contribution < -0.4 is 4.90 Å². The predicted molar refractivity (Wildman–Crippen MR) is 75.8 cm³/mol. The second-order valence-corrected chi connectivity index (χ2v) is 5.59. The van der Waals surface area contributed by atoms with Gasteiger partial charge in [0.1, 0.15) is 0 Å². The van der Waals surface area contributed by atoms with Crippen LogP contribution in [0.25, 0.3) is 0 Å². The Morgan fingerprint density at radius 1 is 1.33 bits per heavy atom. The van der Waals surface area contributed by atoms with Crippen molar-refractivity contribution in [2.24, 2.45) is 5.92 Å². The lowest BCUT2D eigenvalue weighted by Gasteiger charge is -2.18. The first-order valence-electron chi connectivity index (χ1n) is 6.73. The average Bonchev–Trinajstić information content (AvgIpc) is 2.78. The predicted octanol–water partition coefficient (Wildman–Crippen LogP) is 1.96. The van der Waals surface area contributed by atoms with Crippen LogP contribution in [-0.2, 0) is 6.54 Å². The second-order valence-electron chi connectivity index (χ2n) is 5.59. The largest absolute Gasteiger partial charge is 0.393 e. The molecule has 2 unspecified atom stereocenters. The van der Waals surface area contributed by atoms with E-state index in [4.69, 9.17) is 0 Å². The van der Waals surface area contributed by atoms with E-state index in [0.29, 0.717) is 5.92 Å². The summed E-state index contributed by atoms with van der Waals surface area (Å²) in [5.74, 6) is 0.450. The molecule has 2 rings (SSSR count). The third-order valence-corrected chi connectivity index (χ3v) is 3.85. The van der Waals surface area contributed by atoms with E-state index in [1.807, 2.05) is 6.92 Å². The maximum absolute atomic E-state index is 9.60. The Morgan fingerprint density at radius 3 is 2.50 bits per heavy atom. The van der Waals surface area contributed by atoms with Crippen molar-refractivity contribution in [1.29, 1.82) is 0 Å². The van der Waals surface area contributed by atoms with Crippen molar-refractivity contribution in [1.82, 2.24) is 4.90 Å². The Hall–Kier alpha value is -1.06. The molecule has 1 fully saturated rings. The highest BCUT2D eigenvalue weighted by Gasteiger charge is 2.25. The van der Waals surface area contributed by atoms with Crippen molar-refractivity contribution in [3.63, 3.8) is 0 Å². The van der Waals surface area contributed by atoms with E-state index in [-0.39, 0.29) is 6.10 Å². The van der Waals surface area contributed by atoms with Crippen LogP contribution in [0.5, 0.6) is 0 Å². The molecule has 1 aliphatic rings. The fraction of sp³-hybridized carbons (Fsp3) is 0.600. The van der Waals surface area contributed by atoms with Gasteiger partial charge in [0.25, 0.3) is 0 Å². The lowest BCUT2D eigenvalue weighted by atomic mass is 10.0. The zero-order valence-corrected chi connectivity index (χ0v) is 11.6. The smallest absolute Gasteiger partial charge is 0.0552 e. The van der Waals surface area contributed by atoms with Gasteiger partial charge in [-0.2, -0.15) is 0 Å². The van der Waals surface area contributed by atoms with Crippen LogP contribution in [0.3, 0.4) is 0 Å². The quantitative estimate of drug-likeness (QED) is 0.882. The van der Waals surface area contributed by atoms with Crippen molar-refractivity contribution in [3.8, 4) is 0 Å². The van der Waals surface area contributed by atoms with E-state index < -0.39 is 0 Å². The molecule has 0 bridgehead atoms. The molecule has 3 heteroatoms. The van der Waals surface area contributed by atoms with Crippen LogP contribution in [0.2, 0.25) is 0 Å². The summed E-state index contributed by atoms with van der Waals surface area (Å²) in [6.45, 7) is 5.02. The zero-order chi connectivity index (χ0) is 13.1. The molecule has 0 amide bonds. The molecule has 1 aliphatic heterocycles. The SMILES string of the molecule is CC(O)C1CCN(Cc2ccc(N(C)C)cc2)C1. The minimum absolute atomic E-state index is 0.175. The molecular formula is C15H24N2O. The third-order valence-electron chi connectivity index (χ3n) is 3.85. The monoisotopic (exact) mass is 248 g/mol. The molecule has 1 saturated heterocycles. The topological polar surface area (TPSA) is 26.7 Å². The summed E-state index contributed by atoms with van der Waals surface area (Å²) in [6.07, 6.45) is 0.944. The van der Waals surface area contributed by atoms with Gasteiger partial charge in [0, 0.05) is 32.9 Å². The molecule has 3 nitrogen and oxygen atoms in total. The minimum atomic E-state index is -0.175. The summed E-state index contributed by atoms with van der Waals surface area (Å²) in [7, 11) is 4.12. The fourth-order valence-electron chi connectivity index (χ4n) is 2.56. The number of rotatable bonds is 4. The van der Waals surface area contributed by atoms with Crippen molar-refractivity contribution in [2.75, 3.05) is 32.1 Å². The van der Waals surface area contributed by atoms with Gasteiger partial charge in [-0.25, -0.2) is 0 Å². The van der Waals surface area contributed by atoms with E-state index >= 15 is 0 Å². The summed E-state index contributed by atoms with van der Waals surface area (Å²) in [5, 5.41) is 9.60. The molecule has 2 atom stereocenters. The van der Waals surface area contributed by atoms with Gasteiger partial charge < -0.3 is 10.0 Å². The number of benzene rings is 1. The number of anilines is 1. The van der Waals surface area contributed by atoms with Crippen LogP contribution >= 0.6 is 0 Å². The number of hydrogen-bond acceptors (Lipinski definition) is 3. The number of aliphatic hydroxyl groups excluding tert-OH is 1. The highest BCUT2D eigenvalue weighted by atomic mass is 16.3. The Morgan fingerprint density at radius 2 is 2.00 bits per heavy atom. The van der Waals surface area contributed by atoms with E-state index in [9.17, 15) is 5.11 Å². The van der Waals surface area contributed by atoms with Crippen molar-refractivity contribution in [2.45, 2.75) is 26.0 Å². The van der Waals surface area contributed by atoms with Gasteiger partial charge in [-0.05, 0) is 43.5 Å². The molecule has 1 heterocycles. The van der Waals surface area contributed by atoms with Gasteiger partial charge in [0.2, 0.25) is 0 Å². The lowest BCUT2D eigenvalue weighted by molar-refractivity contribution is 0.127. The van der Waals surface area contributed by atoms with Crippen molar-refractivity contribution in [3.05, 3.63) is 29.8 Å². The van der Waals surface area contributed by atoms with E-state index in [1.54, 1.807) is 0 Å². The van der Waals surface area contributed by atoms with Crippen molar-refractivity contribution >= 4 is 5.69 Å². The van der Waals surface area contributed by atoms with Crippen LogP contribution in [-0.4, -0.2) is 43.3 Å². The Kier molecular flexibility index (Phi) is 4.25. The van der Waals surface area contributed by atoms with Gasteiger partial charge in [-0.1, -0.05) is 12.1 Å². The summed E-state index contributed by atoms with van der Waals surface area (Å²) in [4.78, 5) is 4.55. The first-order chi connectivity index (χ1) is 8.56. The molecule has 1 aromatic carbocycles. The van der Waals surface area contributed by atoms with Gasteiger partial charge in [0.15, 0.2) is 0 Å². The van der Waals surface area contributed by atoms with E-state index in [1.165, 1.54) is 11.3 Å². The zero-order valence-electron chi connectivity index (χ0n) is 11.6. The van der Waals surface area contributed by atoms with Gasteiger partial charge in [-0.3, -0.25) is 4.90 Å². The summed E-state index contributed by atoms with van der Waals surface area (Å²) < 4.78 is 0. The summed E-state index contributed by atoms with van der Waals surface area (Å²) in [6, 6.07) is 8.73. The minimum Gasteiger partial charge on any atom is -0.393 e. The Labute approximate surface area is 110 Å². The van der Waals surface area contributed by atoms with Crippen molar-refractivity contribution < 1.29 is 5.11 Å². The average molecular weight is 248 g/mol. The fourth-order valence-corrected chi connectivity index (χ4v) is 2.56. The van der Waals surface area contributed by atoms with Gasteiger partial charge in [0.05, 0.1) is 6.10 Å². The highest BCUT2D eigenvalue weighted by molar-refractivity contribution is 5.45. The number of likely N-dealkylation sites (tertiary alicyclic amines) is 1. The number of nitrogens with zero attached hydrogens (tertiary/aromatic N) is 2. The van der Waals surface area contributed by atoms with Crippen LogP contribution in [0.1, 0.15) is 18.9 Å². The first kappa shape index (κ1) is 13.4. The molecule has 1 aromatic rings. The first-order valence-corrected chi connectivity index (χ1v) is 6.73. The van der Waals surface area contributed by atoms with Crippen LogP contribution in [0.15, 0.2) is 24.3 Å². The molecule has 0 aliphatic carbocycles. The molecule has 0 radical (unpaired) electrons. The van der Waals surface area contributed by atoms with Crippen LogP contribution in [0.4, 0.5) is 5.69 Å². The van der Waals surface area contributed by atoms with Gasteiger partial charge >= 0.3 is 0 Å². The van der Waals surface area contributed by atoms with Gasteiger partial charge in [-0.15, -0.1) is 0 Å². The normalized spacial score (nSPS) is 22.1. The maximum atomic E-state index is 9.60. The molecule has 18 heavy (non-hydrogen) atoms. The number of hydrogen-bond donors (Lipinski definition) is 1. The van der Waals surface area contributed by atoms with Crippen LogP contribution in [0, 0.1) is 5.92 Å². The highest BCUT2D eigenvalue weighted by Crippen LogP contribution is 2.22. The summed E-state index contributed by atoms with van der Waals surface area (Å²) in [5.41, 5.74) is 2.59. The second kappa shape index (κ2) is 5.72. The standard InChI is InChI=1S/C15H24N2O/c1-12(18)14-8-9-17(11-14)10-13-4-6-15(7-5-13)16(2)3/h4-7,12,14,18H,8-11H2,1-3H3. The third kappa shape index (κ3) is 3.24. The molecular weight excluding hydrogens is 224 g/mol. The Bertz CT molecular complexity index is 373.